The summed E-state index contributed by atoms with van der Waals surface area (Å²) in [5.74, 6) is 0. The molecule has 0 radical (unpaired) electrons. The Hall–Kier alpha value is -1.59. The van der Waals surface area contributed by atoms with Crippen molar-refractivity contribution in [1.29, 1.82) is 0 Å². The number of hydrogen-bond acceptors (Lipinski definition) is 4. The first kappa shape index (κ1) is 23.1. The second-order valence-corrected chi connectivity index (χ2v) is 8.74. The summed E-state index contributed by atoms with van der Waals surface area (Å²) < 4.78 is 11.7. The maximum atomic E-state index is 12.6. The smallest absolute Gasteiger partial charge is 0.410 e. The summed E-state index contributed by atoms with van der Waals surface area (Å²) in [6.45, 7) is 7.86. The minimum Gasteiger partial charge on any atom is -0.445 e. The van der Waals surface area contributed by atoms with Gasteiger partial charge in [-0.15, -0.1) is 0 Å². The fourth-order valence-corrected chi connectivity index (χ4v) is 4.51. The van der Waals surface area contributed by atoms with Gasteiger partial charge in [0.05, 0.1) is 6.10 Å². The Labute approximate surface area is 182 Å². The molecule has 0 N–H and O–H groups in total. The van der Waals surface area contributed by atoms with E-state index >= 15 is 0 Å². The van der Waals surface area contributed by atoms with Crippen molar-refractivity contribution in [2.45, 2.75) is 83.5 Å². The summed E-state index contributed by atoms with van der Waals surface area (Å²) in [5, 5.41) is 0. The molecule has 5 nitrogen and oxygen atoms in total. The summed E-state index contributed by atoms with van der Waals surface area (Å²) >= 11 is 0. The van der Waals surface area contributed by atoms with Crippen LogP contribution in [0.2, 0.25) is 0 Å². The van der Waals surface area contributed by atoms with Crippen molar-refractivity contribution in [3.05, 3.63) is 35.9 Å². The van der Waals surface area contributed by atoms with E-state index < -0.39 is 0 Å². The maximum Gasteiger partial charge on any atom is 0.410 e. The lowest BCUT2D eigenvalue weighted by atomic mass is 9.92. The van der Waals surface area contributed by atoms with Crippen LogP contribution in [0.3, 0.4) is 0 Å². The van der Waals surface area contributed by atoms with E-state index in [4.69, 9.17) is 9.47 Å². The van der Waals surface area contributed by atoms with E-state index in [0.29, 0.717) is 19.3 Å². The SMILES string of the molecule is CCN(C(=O)OCc1ccccc1)C1CCC(OCCCCCCN2CCC2)CC1. The molecule has 1 heterocycles. The van der Waals surface area contributed by atoms with Gasteiger partial charge < -0.3 is 19.3 Å². The molecular weight excluding hydrogens is 376 g/mol. The molecule has 1 amide bonds. The molecule has 0 bridgehead atoms. The van der Waals surface area contributed by atoms with Crippen molar-refractivity contribution in [2.75, 3.05) is 32.8 Å². The average Bonchev–Trinajstić information content (AvgIpc) is 2.75. The summed E-state index contributed by atoms with van der Waals surface area (Å²) in [5.41, 5.74) is 1.03. The van der Waals surface area contributed by atoms with Crippen LogP contribution in [0, 0.1) is 0 Å². The number of unbranched alkanes of at least 4 members (excludes halogenated alkanes) is 3. The molecule has 0 unspecified atom stereocenters. The van der Waals surface area contributed by atoms with Gasteiger partial charge in [-0.05, 0) is 77.1 Å². The highest BCUT2D eigenvalue weighted by molar-refractivity contribution is 5.68. The molecule has 1 aromatic carbocycles. The lowest BCUT2D eigenvalue weighted by molar-refractivity contribution is 0.00399. The molecular formula is C25H40N2O3. The molecule has 1 aromatic rings. The molecule has 1 saturated heterocycles. The number of carbonyl (C=O) groups excluding carboxylic acids is 1. The van der Waals surface area contributed by atoms with Crippen LogP contribution in [0.4, 0.5) is 4.79 Å². The highest BCUT2D eigenvalue weighted by atomic mass is 16.6. The van der Waals surface area contributed by atoms with Crippen molar-refractivity contribution in [2.24, 2.45) is 0 Å². The monoisotopic (exact) mass is 416 g/mol. The van der Waals surface area contributed by atoms with Gasteiger partial charge in [-0.1, -0.05) is 43.2 Å². The van der Waals surface area contributed by atoms with Gasteiger partial charge in [0, 0.05) is 19.2 Å². The van der Waals surface area contributed by atoms with E-state index in [1.165, 1.54) is 51.7 Å². The number of rotatable bonds is 12. The first-order valence-corrected chi connectivity index (χ1v) is 12.1. The molecule has 30 heavy (non-hydrogen) atoms. The molecule has 2 fully saturated rings. The van der Waals surface area contributed by atoms with Crippen molar-refractivity contribution in [1.82, 2.24) is 9.80 Å². The number of nitrogens with zero attached hydrogens (tertiary/aromatic N) is 2. The van der Waals surface area contributed by atoms with E-state index in [1.54, 1.807) is 0 Å². The maximum absolute atomic E-state index is 12.6. The topological polar surface area (TPSA) is 42.0 Å². The highest BCUT2D eigenvalue weighted by Crippen LogP contribution is 2.26. The van der Waals surface area contributed by atoms with Crippen LogP contribution in [-0.2, 0) is 16.1 Å². The van der Waals surface area contributed by atoms with Crippen LogP contribution in [0.25, 0.3) is 0 Å². The molecule has 0 atom stereocenters. The van der Waals surface area contributed by atoms with Gasteiger partial charge >= 0.3 is 6.09 Å². The van der Waals surface area contributed by atoms with Gasteiger partial charge in [-0.3, -0.25) is 0 Å². The molecule has 0 spiro atoms. The molecule has 3 rings (SSSR count). The van der Waals surface area contributed by atoms with E-state index in [1.807, 2.05) is 42.2 Å². The first-order chi connectivity index (χ1) is 14.8. The van der Waals surface area contributed by atoms with Crippen LogP contribution in [0.15, 0.2) is 30.3 Å². The summed E-state index contributed by atoms with van der Waals surface area (Å²) in [6.07, 6.45) is 10.8. The second kappa shape index (κ2) is 13.0. The van der Waals surface area contributed by atoms with Gasteiger partial charge in [0.2, 0.25) is 0 Å². The van der Waals surface area contributed by atoms with Crippen LogP contribution >= 0.6 is 0 Å². The zero-order valence-corrected chi connectivity index (χ0v) is 18.8. The minimum absolute atomic E-state index is 0.191. The number of amides is 1. The number of likely N-dealkylation sites (tertiary alicyclic amines) is 1. The van der Waals surface area contributed by atoms with Crippen LogP contribution in [-0.4, -0.2) is 60.8 Å². The minimum atomic E-state index is -0.191. The standard InChI is InChI=1S/C25H40N2O3/c1-2-27(25(28)30-21-22-11-6-5-7-12-22)23-13-15-24(16-14-23)29-20-9-4-3-8-17-26-18-10-19-26/h5-7,11-12,23-24H,2-4,8-10,13-21H2,1H3. The van der Waals surface area contributed by atoms with Gasteiger partial charge in [0.25, 0.3) is 0 Å². The van der Waals surface area contributed by atoms with Gasteiger partial charge in [-0.25, -0.2) is 4.79 Å². The molecule has 1 aliphatic heterocycles. The van der Waals surface area contributed by atoms with Gasteiger partial charge in [0.15, 0.2) is 0 Å². The largest absolute Gasteiger partial charge is 0.445 e. The van der Waals surface area contributed by atoms with Gasteiger partial charge in [-0.2, -0.15) is 0 Å². The van der Waals surface area contributed by atoms with E-state index in [9.17, 15) is 4.79 Å². The third-order valence-corrected chi connectivity index (χ3v) is 6.54. The van der Waals surface area contributed by atoms with Crippen LogP contribution in [0.5, 0.6) is 0 Å². The molecule has 2 aliphatic rings. The fourth-order valence-electron chi connectivity index (χ4n) is 4.51. The molecule has 1 saturated carbocycles. The molecule has 0 aromatic heterocycles. The quantitative estimate of drug-likeness (QED) is 0.437. The fraction of sp³-hybridized carbons (Fsp3) is 0.720. The number of hydrogen-bond donors (Lipinski definition) is 0. The third kappa shape index (κ3) is 7.59. The third-order valence-electron chi connectivity index (χ3n) is 6.54. The second-order valence-electron chi connectivity index (χ2n) is 8.74. The Morgan fingerprint density at radius 3 is 2.43 bits per heavy atom. The zero-order valence-electron chi connectivity index (χ0n) is 18.8. The number of benzene rings is 1. The van der Waals surface area contributed by atoms with Crippen molar-refractivity contribution in [3.8, 4) is 0 Å². The molecule has 5 heteroatoms. The predicted octanol–water partition coefficient (Wildman–Crippen LogP) is 5.24. The Kier molecular flexibility index (Phi) is 9.97. The number of ether oxygens (including phenoxy) is 2. The Balaban J connectivity index is 1.25. The number of carbonyl (C=O) groups is 1. The van der Waals surface area contributed by atoms with E-state index in [2.05, 4.69) is 4.90 Å². The van der Waals surface area contributed by atoms with Crippen LogP contribution in [0.1, 0.15) is 70.3 Å². The Morgan fingerprint density at radius 1 is 1.03 bits per heavy atom. The zero-order chi connectivity index (χ0) is 21.0. The van der Waals surface area contributed by atoms with Crippen LogP contribution < -0.4 is 0 Å². The summed E-state index contributed by atoms with van der Waals surface area (Å²) in [4.78, 5) is 17.0. The summed E-state index contributed by atoms with van der Waals surface area (Å²) in [6, 6.07) is 10.2. The van der Waals surface area contributed by atoms with Crippen molar-refractivity contribution >= 4 is 6.09 Å². The van der Waals surface area contributed by atoms with E-state index in [0.717, 1.165) is 37.9 Å². The Morgan fingerprint density at radius 2 is 1.77 bits per heavy atom. The van der Waals surface area contributed by atoms with Crippen molar-refractivity contribution in [3.63, 3.8) is 0 Å². The Bertz CT molecular complexity index is 598. The first-order valence-electron chi connectivity index (χ1n) is 12.1. The average molecular weight is 417 g/mol. The van der Waals surface area contributed by atoms with E-state index in [-0.39, 0.29) is 12.1 Å². The lowest BCUT2D eigenvalue weighted by Gasteiger charge is -2.35. The predicted molar refractivity (Wildman–Crippen MR) is 121 cm³/mol. The summed E-state index contributed by atoms with van der Waals surface area (Å²) in [7, 11) is 0. The highest BCUT2D eigenvalue weighted by Gasteiger charge is 2.29. The van der Waals surface area contributed by atoms with Gasteiger partial charge in [0.1, 0.15) is 6.61 Å². The molecule has 168 valence electrons. The molecule has 1 aliphatic carbocycles. The normalized spacial score (nSPS) is 21.8. The lowest BCUT2D eigenvalue weighted by Crippen LogP contribution is -2.43. The van der Waals surface area contributed by atoms with Crippen molar-refractivity contribution < 1.29 is 14.3 Å².